The lowest BCUT2D eigenvalue weighted by Crippen LogP contribution is -1.97. The van der Waals surface area contributed by atoms with Crippen LogP contribution in [0.2, 0.25) is 0 Å². The summed E-state index contributed by atoms with van der Waals surface area (Å²) in [6.45, 7) is 1.95. The van der Waals surface area contributed by atoms with Crippen LogP contribution in [0.3, 0.4) is 0 Å². The van der Waals surface area contributed by atoms with Crippen molar-refractivity contribution in [3.8, 4) is 17.6 Å². The van der Waals surface area contributed by atoms with Gasteiger partial charge < -0.3 is 10.1 Å². The second-order valence-electron chi connectivity index (χ2n) is 6.09. The molecule has 0 unspecified atom stereocenters. The Labute approximate surface area is 177 Å². The highest BCUT2D eigenvalue weighted by molar-refractivity contribution is 7.99. The molecule has 0 spiro atoms. The highest BCUT2D eigenvalue weighted by Gasteiger charge is 2.12. The molecule has 5 nitrogen and oxygen atoms in total. The number of hydrogen-bond donors (Lipinski definition) is 1. The topological polar surface area (TPSA) is 70.8 Å². The summed E-state index contributed by atoms with van der Waals surface area (Å²) in [4.78, 5) is 11.0. The zero-order chi connectivity index (χ0) is 20.1. The number of para-hydroxylation sites is 1. The number of aryl methyl sites for hydroxylation is 1. The number of rotatable bonds is 6. The quantitative estimate of drug-likeness (QED) is 0.392. The van der Waals surface area contributed by atoms with Gasteiger partial charge in [0, 0.05) is 27.4 Å². The van der Waals surface area contributed by atoms with E-state index in [1.165, 1.54) is 11.3 Å². The highest BCUT2D eigenvalue weighted by Crippen LogP contribution is 2.36. The SMILES string of the molecule is Cc1csc(Nc2ncc(Sc3ccc(C#N)cc3)cc2Oc2ccccc2)n1. The summed E-state index contributed by atoms with van der Waals surface area (Å²) in [5.41, 5.74) is 1.59. The van der Waals surface area contributed by atoms with Crippen LogP contribution >= 0.6 is 23.1 Å². The largest absolute Gasteiger partial charge is 0.453 e. The summed E-state index contributed by atoms with van der Waals surface area (Å²) in [6, 6.07) is 21.1. The Bertz CT molecular complexity index is 1150. The van der Waals surface area contributed by atoms with Crippen molar-refractivity contribution >= 4 is 34.0 Å². The van der Waals surface area contributed by atoms with Crippen LogP contribution in [0.25, 0.3) is 0 Å². The molecule has 142 valence electrons. The Morgan fingerprint density at radius 3 is 2.55 bits per heavy atom. The van der Waals surface area contributed by atoms with E-state index in [1.807, 2.05) is 60.8 Å². The molecule has 4 rings (SSSR count). The fraction of sp³-hybridized carbons (Fsp3) is 0.0455. The number of benzene rings is 2. The first-order valence-electron chi connectivity index (χ1n) is 8.80. The molecule has 0 saturated carbocycles. The van der Waals surface area contributed by atoms with Crippen molar-refractivity contribution in [2.45, 2.75) is 16.7 Å². The van der Waals surface area contributed by atoms with Gasteiger partial charge in [0.15, 0.2) is 16.7 Å². The Hall–Kier alpha value is -3.34. The number of nitrogens with zero attached hydrogens (tertiary/aromatic N) is 3. The van der Waals surface area contributed by atoms with Gasteiger partial charge in [0.1, 0.15) is 5.75 Å². The van der Waals surface area contributed by atoms with E-state index >= 15 is 0 Å². The molecular weight excluding hydrogens is 400 g/mol. The molecule has 0 saturated heterocycles. The van der Waals surface area contributed by atoms with Gasteiger partial charge in [-0.1, -0.05) is 30.0 Å². The maximum Gasteiger partial charge on any atom is 0.188 e. The average Bonchev–Trinajstić information content (AvgIpc) is 3.16. The molecule has 0 aliphatic rings. The minimum absolute atomic E-state index is 0.604. The lowest BCUT2D eigenvalue weighted by atomic mass is 10.2. The van der Waals surface area contributed by atoms with E-state index in [9.17, 15) is 0 Å². The summed E-state index contributed by atoms with van der Waals surface area (Å²) in [7, 11) is 0. The predicted octanol–water partition coefficient (Wildman–Crippen LogP) is 6.41. The lowest BCUT2D eigenvalue weighted by molar-refractivity contribution is 0.481. The third kappa shape index (κ3) is 4.93. The van der Waals surface area contributed by atoms with Crippen LogP contribution in [0, 0.1) is 18.3 Å². The van der Waals surface area contributed by atoms with E-state index in [-0.39, 0.29) is 0 Å². The zero-order valence-electron chi connectivity index (χ0n) is 15.5. The molecule has 0 bridgehead atoms. The molecule has 0 amide bonds. The number of ether oxygens (including phenoxy) is 1. The average molecular weight is 417 g/mol. The van der Waals surface area contributed by atoms with E-state index in [1.54, 1.807) is 30.1 Å². The normalized spacial score (nSPS) is 10.3. The van der Waals surface area contributed by atoms with E-state index in [0.717, 1.165) is 26.4 Å². The third-order valence-electron chi connectivity index (χ3n) is 3.86. The van der Waals surface area contributed by atoms with Gasteiger partial charge in [-0.05, 0) is 43.3 Å². The van der Waals surface area contributed by atoms with Crippen molar-refractivity contribution in [2.75, 3.05) is 5.32 Å². The first-order chi connectivity index (χ1) is 14.2. The molecule has 1 N–H and O–H groups in total. The second kappa shape index (κ2) is 8.78. The van der Waals surface area contributed by atoms with E-state index in [4.69, 9.17) is 10.00 Å². The number of pyridine rings is 1. The molecule has 2 aromatic carbocycles. The molecule has 0 aliphatic heterocycles. The molecule has 0 atom stereocenters. The maximum atomic E-state index is 8.95. The van der Waals surface area contributed by atoms with E-state index in [0.29, 0.717) is 17.1 Å². The van der Waals surface area contributed by atoms with Gasteiger partial charge in [0.2, 0.25) is 0 Å². The fourth-order valence-corrected chi connectivity index (χ4v) is 4.02. The predicted molar refractivity (Wildman–Crippen MR) is 116 cm³/mol. The highest BCUT2D eigenvalue weighted by atomic mass is 32.2. The van der Waals surface area contributed by atoms with Crippen molar-refractivity contribution in [1.82, 2.24) is 9.97 Å². The molecule has 0 fully saturated rings. The van der Waals surface area contributed by atoms with Gasteiger partial charge in [0.25, 0.3) is 0 Å². The Morgan fingerprint density at radius 1 is 1.07 bits per heavy atom. The van der Waals surface area contributed by atoms with E-state index in [2.05, 4.69) is 21.4 Å². The van der Waals surface area contributed by atoms with Crippen LogP contribution in [0.1, 0.15) is 11.3 Å². The molecule has 7 heteroatoms. The Morgan fingerprint density at radius 2 is 1.86 bits per heavy atom. The van der Waals surface area contributed by atoms with Crippen LogP contribution in [-0.2, 0) is 0 Å². The molecule has 2 aromatic heterocycles. The summed E-state index contributed by atoms with van der Waals surface area (Å²) >= 11 is 3.08. The van der Waals surface area contributed by atoms with Gasteiger partial charge in [0.05, 0.1) is 17.3 Å². The monoisotopic (exact) mass is 416 g/mol. The van der Waals surface area contributed by atoms with Crippen LogP contribution in [0.5, 0.6) is 11.5 Å². The molecule has 2 heterocycles. The van der Waals surface area contributed by atoms with Gasteiger partial charge in [-0.2, -0.15) is 5.26 Å². The summed E-state index contributed by atoms with van der Waals surface area (Å²) < 4.78 is 6.10. The zero-order valence-corrected chi connectivity index (χ0v) is 17.1. The van der Waals surface area contributed by atoms with Crippen molar-refractivity contribution in [2.24, 2.45) is 0 Å². The second-order valence-corrected chi connectivity index (χ2v) is 8.10. The number of hydrogen-bond acceptors (Lipinski definition) is 7. The van der Waals surface area contributed by atoms with Crippen molar-refractivity contribution in [1.29, 1.82) is 5.26 Å². The van der Waals surface area contributed by atoms with Crippen molar-refractivity contribution in [3.05, 3.63) is 83.5 Å². The first kappa shape index (κ1) is 19.0. The smallest absolute Gasteiger partial charge is 0.188 e. The Kier molecular flexibility index (Phi) is 5.75. The van der Waals surface area contributed by atoms with Gasteiger partial charge in [-0.3, -0.25) is 0 Å². The van der Waals surface area contributed by atoms with Gasteiger partial charge >= 0.3 is 0 Å². The summed E-state index contributed by atoms with van der Waals surface area (Å²) in [5, 5.41) is 14.9. The molecule has 4 aromatic rings. The summed E-state index contributed by atoms with van der Waals surface area (Å²) in [5.74, 6) is 1.95. The number of anilines is 2. The number of nitriles is 1. The molecule has 0 radical (unpaired) electrons. The fourth-order valence-electron chi connectivity index (χ4n) is 2.52. The van der Waals surface area contributed by atoms with Crippen molar-refractivity contribution in [3.63, 3.8) is 0 Å². The maximum absolute atomic E-state index is 8.95. The van der Waals surface area contributed by atoms with Crippen LogP contribution in [0.4, 0.5) is 10.9 Å². The lowest BCUT2D eigenvalue weighted by Gasteiger charge is -2.12. The summed E-state index contributed by atoms with van der Waals surface area (Å²) in [6.07, 6.45) is 1.80. The van der Waals surface area contributed by atoms with E-state index < -0.39 is 0 Å². The minimum atomic E-state index is 0.604. The number of nitrogens with one attached hydrogen (secondary N) is 1. The van der Waals surface area contributed by atoms with Gasteiger partial charge in [-0.25, -0.2) is 9.97 Å². The molecule has 29 heavy (non-hydrogen) atoms. The molecular formula is C22H16N4OS2. The number of aromatic nitrogens is 2. The molecule has 0 aliphatic carbocycles. The van der Waals surface area contributed by atoms with Gasteiger partial charge in [-0.15, -0.1) is 11.3 Å². The Balaban J connectivity index is 1.63. The van der Waals surface area contributed by atoms with Crippen LogP contribution in [-0.4, -0.2) is 9.97 Å². The minimum Gasteiger partial charge on any atom is -0.453 e. The number of thiazole rings is 1. The first-order valence-corrected chi connectivity index (χ1v) is 10.5. The van der Waals surface area contributed by atoms with Crippen LogP contribution < -0.4 is 10.1 Å². The van der Waals surface area contributed by atoms with Crippen molar-refractivity contribution < 1.29 is 4.74 Å². The standard InChI is InChI=1S/C22H16N4OS2/c1-15-14-28-22(25-15)26-21-20(27-17-5-3-2-4-6-17)11-19(13-24-21)29-18-9-7-16(12-23)8-10-18/h2-11,13-14H,1H3,(H,24,25,26). The van der Waals surface area contributed by atoms with Crippen LogP contribution in [0.15, 0.2) is 82.0 Å². The third-order valence-corrected chi connectivity index (χ3v) is 5.70.